The number of nitrogens with two attached hydrogens (primary N) is 1. The SMILES string of the molecule is COCc1c(OC)cc(C2(N)CC2)cc1OC. The smallest absolute Gasteiger partial charge is 0.128 e. The Morgan fingerprint density at radius 2 is 1.65 bits per heavy atom. The Hall–Kier alpha value is -1.26. The molecular formula is C13H19NO3. The first-order valence-electron chi connectivity index (χ1n) is 5.68. The van der Waals surface area contributed by atoms with Crippen molar-refractivity contribution in [3.63, 3.8) is 0 Å². The van der Waals surface area contributed by atoms with Gasteiger partial charge in [-0.2, -0.15) is 0 Å². The van der Waals surface area contributed by atoms with E-state index in [-0.39, 0.29) is 5.54 Å². The highest BCUT2D eigenvalue weighted by Gasteiger charge is 2.41. The van der Waals surface area contributed by atoms with Gasteiger partial charge in [-0.3, -0.25) is 0 Å². The molecule has 0 aromatic heterocycles. The summed E-state index contributed by atoms with van der Waals surface area (Å²) >= 11 is 0. The lowest BCUT2D eigenvalue weighted by atomic mass is 10.0. The van der Waals surface area contributed by atoms with Crippen LogP contribution in [-0.4, -0.2) is 21.3 Å². The second-order valence-corrected chi connectivity index (χ2v) is 4.45. The molecule has 0 unspecified atom stereocenters. The molecular weight excluding hydrogens is 218 g/mol. The van der Waals surface area contributed by atoms with Crippen molar-refractivity contribution in [1.29, 1.82) is 0 Å². The third-order valence-electron chi connectivity index (χ3n) is 3.26. The first-order valence-corrected chi connectivity index (χ1v) is 5.68. The summed E-state index contributed by atoms with van der Waals surface area (Å²) in [5.41, 5.74) is 8.01. The molecule has 0 amide bonds. The zero-order valence-corrected chi connectivity index (χ0v) is 10.6. The maximum Gasteiger partial charge on any atom is 0.128 e. The summed E-state index contributed by atoms with van der Waals surface area (Å²) < 4.78 is 15.9. The molecule has 1 fully saturated rings. The molecule has 1 aromatic rings. The number of rotatable bonds is 5. The predicted octanol–water partition coefficient (Wildman–Crippen LogP) is 1.80. The first kappa shape index (κ1) is 12.2. The van der Waals surface area contributed by atoms with E-state index in [1.807, 2.05) is 12.1 Å². The van der Waals surface area contributed by atoms with E-state index in [2.05, 4.69) is 0 Å². The highest BCUT2D eigenvalue weighted by atomic mass is 16.5. The van der Waals surface area contributed by atoms with Crippen LogP contribution in [0.5, 0.6) is 11.5 Å². The van der Waals surface area contributed by atoms with E-state index in [0.717, 1.165) is 35.5 Å². The molecule has 0 saturated heterocycles. The third-order valence-corrected chi connectivity index (χ3v) is 3.26. The number of methoxy groups -OCH3 is 3. The Bertz CT molecular complexity index is 388. The van der Waals surface area contributed by atoms with Gasteiger partial charge in [0.25, 0.3) is 0 Å². The topological polar surface area (TPSA) is 53.7 Å². The van der Waals surface area contributed by atoms with Gasteiger partial charge in [-0.15, -0.1) is 0 Å². The van der Waals surface area contributed by atoms with Crippen LogP contribution in [0.15, 0.2) is 12.1 Å². The molecule has 1 aromatic carbocycles. The van der Waals surface area contributed by atoms with Crippen molar-refractivity contribution < 1.29 is 14.2 Å². The van der Waals surface area contributed by atoms with Gasteiger partial charge >= 0.3 is 0 Å². The zero-order chi connectivity index (χ0) is 12.5. The van der Waals surface area contributed by atoms with Crippen LogP contribution in [-0.2, 0) is 16.9 Å². The van der Waals surface area contributed by atoms with Gasteiger partial charge in [0.1, 0.15) is 11.5 Å². The summed E-state index contributed by atoms with van der Waals surface area (Å²) in [5.74, 6) is 1.55. The zero-order valence-electron chi connectivity index (χ0n) is 10.6. The maximum absolute atomic E-state index is 6.20. The molecule has 4 heteroatoms. The third kappa shape index (κ3) is 2.23. The second kappa shape index (κ2) is 4.55. The Kier molecular flexibility index (Phi) is 3.26. The Labute approximate surface area is 102 Å². The van der Waals surface area contributed by atoms with Crippen LogP contribution in [0.3, 0.4) is 0 Å². The van der Waals surface area contributed by atoms with Crippen molar-refractivity contribution in [2.24, 2.45) is 5.73 Å². The van der Waals surface area contributed by atoms with Crippen molar-refractivity contribution in [3.05, 3.63) is 23.3 Å². The second-order valence-electron chi connectivity index (χ2n) is 4.45. The van der Waals surface area contributed by atoms with E-state index in [4.69, 9.17) is 19.9 Å². The fourth-order valence-electron chi connectivity index (χ4n) is 1.98. The molecule has 1 aliphatic rings. The van der Waals surface area contributed by atoms with Gasteiger partial charge in [0.15, 0.2) is 0 Å². The Morgan fingerprint density at radius 3 is 2.00 bits per heavy atom. The minimum absolute atomic E-state index is 0.188. The number of benzene rings is 1. The van der Waals surface area contributed by atoms with E-state index in [0.29, 0.717) is 6.61 Å². The molecule has 1 aliphatic carbocycles. The normalized spacial score (nSPS) is 16.7. The molecule has 0 heterocycles. The standard InChI is InChI=1S/C13H19NO3/c1-15-8-10-11(16-2)6-9(7-12(10)17-3)13(14)4-5-13/h6-7H,4-5,8,14H2,1-3H3. The van der Waals surface area contributed by atoms with Gasteiger partial charge in [0.2, 0.25) is 0 Å². The van der Waals surface area contributed by atoms with Crippen LogP contribution in [0.2, 0.25) is 0 Å². The van der Waals surface area contributed by atoms with E-state index in [1.54, 1.807) is 21.3 Å². The van der Waals surface area contributed by atoms with Gasteiger partial charge < -0.3 is 19.9 Å². The van der Waals surface area contributed by atoms with E-state index >= 15 is 0 Å². The van der Waals surface area contributed by atoms with E-state index in [9.17, 15) is 0 Å². The van der Waals surface area contributed by atoms with Crippen molar-refractivity contribution in [2.45, 2.75) is 25.0 Å². The summed E-state index contributed by atoms with van der Waals surface area (Å²) in [7, 11) is 4.94. The number of hydrogen-bond donors (Lipinski definition) is 1. The lowest BCUT2D eigenvalue weighted by Gasteiger charge is -2.17. The minimum atomic E-state index is -0.188. The summed E-state index contributed by atoms with van der Waals surface area (Å²) in [6.45, 7) is 0.462. The summed E-state index contributed by atoms with van der Waals surface area (Å²) in [6.07, 6.45) is 2.03. The van der Waals surface area contributed by atoms with Gasteiger partial charge in [0.05, 0.1) is 26.4 Å². The van der Waals surface area contributed by atoms with E-state index in [1.165, 1.54) is 0 Å². The molecule has 94 valence electrons. The van der Waals surface area contributed by atoms with Gasteiger partial charge in [-0.1, -0.05) is 0 Å². The molecule has 0 spiro atoms. The average molecular weight is 237 g/mol. The van der Waals surface area contributed by atoms with Crippen LogP contribution in [0, 0.1) is 0 Å². The van der Waals surface area contributed by atoms with Crippen LogP contribution < -0.4 is 15.2 Å². The monoisotopic (exact) mass is 237 g/mol. The van der Waals surface area contributed by atoms with Crippen molar-refractivity contribution in [1.82, 2.24) is 0 Å². The predicted molar refractivity (Wildman–Crippen MR) is 65.4 cm³/mol. The van der Waals surface area contributed by atoms with Crippen molar-refractivity contribution in [2.75, 3.05) is 21.3 Å². The summed E-state index contributed by atoms with van der Waals surface area (Å²) in [4.78, 5) is 0. The van der Waals surface area contributed by atoms with Crippen LogP contribution in [0.25, 0.3) is 0 Å². The van der Waals surface area contributed by atoms with Crippen LogP contribution in [0.4, 0.5) is 0 Å². The Balaban J connectivity index is 2.46. The van der Waals surface area contributed by atoms with Gasteiger partial charge in [-0.05, 0) is 30.5 Å². The minimum Gasteiger partial charge on any atom is -0.496 e. The largest absolute Gasteiger partial charge is 0.496 e. The molecule has 0 radical (unpaired) electrons. The van der Waals surface area contributed by atoms with Crippen LogP contribution in [0.1, 0.15) is 24.0 Å². The summed E-state index contributed by atoms with van der Waals surface area (Å²) in [6, 6.07) is 3.98. The molecule has 0 atom stereocenters. The highest BCUT2D eigenvalue weighted by molar-refractivity contribution is 5.50. The maximum atomic E-state index is 6.20. The van der Waals surface area contributed by atoms with Crippen LogP contribution >= 0.6 is 0 Å². The van der Waals surface area contributed by atoms with Gasteiger partial charge in [-0.25, -0.2) is 0 Å². The number of ether oxygens (including phenoxy) is 3. The molecule has 2 rings (SSSR count). The Morgan fingerprint density at radius 1 is 1.12 bits per heavy atom. The fraction of sp³-hybridized carbons (Fsp3) is 0.538. The quantitative estimate of drug-likeness (QED) is 0.848. The average Bonchev–Trinajstić information content (AvgIpc) is 3.09. The molecule has 1 saturated carbocycles. The molecule has 0 bridgehead atoms. The van der Waals surface area contributed by atoms with Crippen molar-refractivity contribution in [3.8, 4) is 11.5 Å². The van der Waals surface area contributed by atoms with Gasteiger partial charge in [0, 0.05) is 12.6 Å². The fourth-order valence-corrected chi connectivity index (χ4v) is 1.98. The lowest BCUT2D eigenvalue weighted by molar-refractivity contribution is 0.178. The van der Waals surface area contributed by atoms with E-state index < -0.39 is 0 Å². The highest BCUT2D eigenvalue weighted by Crippen LogP contribution is 2.46. The molecule has 0 aliphatic heterocycles. The first-order chi connectivity index (χ1) is 8.14. The lowest BCUT2D eigenvalue weighted by Crippen LogP contribution is -2.19. The number of hydrogen-bond acceptors (Lipinski definition) is 4. The molecule has 2 N–H and O–H groups in total. The summed E-state index contributed by atoms with van der Waals surface area (Å²) in [5, 5.41) is 0. The molecule has 4 nitrogen and oxygen atoms in total. The molecule has 17 heavy (non-hydrogen) atoms. The van der Waals surface area contributed by atoms with Crippen molar-refractivity contribution >= 4 is 0 Å².